The predicted octanol–water partition coefficient (Wildman–Crippen LogP) is 2.29. The summed E-state index contributed by atoms with van der Waals surface area (Å²) >= 11 is 0. The zero-order valence-electron chi connectivity index (χ0n) is 10.9. The van der Waals surface area contributed by atoms with Crippen molar-refractivity contribution in [1.29, 1.82) is 0 Å². The minimum atomic E-state index is -0.953. The summed E-state index contributed by atoms with van der Waals surface area (Å²) in [4.78, 5) is 21.9. The van der Waals surface area contributed by atoms with E-state index in [4.69, 9.17) is 0 Å². The Morgan fingerprint density at radius 2 is 2.00 bits per heavy atom. The van der Waals surface area contributed by atoms with Gasteiger partial charge < -0.3 is 10.0 Å². The van der Waals surface area contributed by atoms with Crippen molar-refractivity contribution in [1.82, 2.24) is 9.97 Å². The number of nitrogens with zero attached hydrogens (tertiary/aromatic N) is 3. The molecule has 1 fully saturated rings. The molecule has 0 aliphatic carbocycles. The number of rotatable bonds is 3. The van der Waals surface area contributed by atoms with E-state index in [1.807, 2.05) is 13.8 Å². The van der Waals surface area contributed by atoms with Gasteiger partial charge in [-0.25, -0.2) is 14.8 Å². The van der Waals surface area contributed by atoms with E-state index in [9.17, 15) is 9.90 Å². The summed E-state index contributed by atoms with van der Waals surface area (Å²) in [6, 6.07) is 0. The monoisotopic (exact) mass is 249 g/mol. The molecule has 0 bridgehead atoms. The predicted molar refractivity (Wildman–Crippen MR) is 69.1 cm³/mol. The molecule has 98 valence electrons. The highest BCUT2D eigenvalue weighted by Crippen LogP contribution is 2.23. The van der Waals surface area contributed by atoms with Crippen LogP contribution in [-0.2, 0) is 0 Å². The van der Waals surface area contributed by atoms with Crippen LogP contribution >= 0.6 is 0 Å². The van der Waals surface area contributed by atoms with Gasteiger partial charge in [-0.05, 0) is 19.3 Å². The lowest BCUT2D eigenvalue weighted by atomic mass is 10.1. The van der Waals surface area contributed by atoms with E-state index in [1.54, 1.807) is 0 Å². The summed E-state index contributed by atoms with van der Waals surface area (Å²) in [7, 11) is 0. The first-order valence-electron chi connectivity index (χ1n) is 6.44. The van der Waals surface area contributed by atoms with Gasteiger partial charge in [-0.3, -0.25) is 0 Å². The summed E-state index contributed by atoms with van der Waals surface area (Å²) < 4.78 is 0. The zero-order chi connectivity index (χ0) is 13.1. The van der Waals surface area contributed by atoms with E-state index in [2.05, 4.69) is 14.9 Å². The van der Waals surface area contributed by atoms with Gasteiger partial charge in [0.15, 0.2) is 0 Å². The van der Waals surface area contributed by atoms with Gasteiger partial charge in [0.1, 0.15) is 17.2 Å². The Kier molecular flexibility index (Phi) is 3.79. The fraction of sp³-hybridized carbons (Fsp3) is 0.615. The first-order valence-corrected chi connectivity index (χ1v) is 6.44. The number of carboxylic acids is 1. The summed E-state index contributed by atoms with van der Waals surface area (Å²) in [6.07, 6.45) is 4.84. The van der Waals surface area contributed by atoms with E-state index in [0.29, 0.717) is 11.6 Å². The molecular weight excluding hydrogens is 230 g/mol. The van der Waals surface area contributed by atoms with Crippen molar-refractivity contribution in [2.45, 2.75) is 39.0 Å². The molecule has 1 aromatic heterocycles. The van der Waals surface area contributed by atoms with E-state index < -0.39 is 5.97 Å². The SMILES string of the molecule is CC(C)c1ncc(C(=O)O)c(N2CCCCC2)n1. The number of hydrogen-bond donors (Lipinski definition) is 1. The van der Waals surface area contributed by atoms with Gasteiger partial charge in [0.2, 0.25) is 0 Å². The van der Waals surface area contributed by atoms with Crippen molar-refractivity contribution < 1.29 is 9.90 Å². The average Bonchev–Trinajstić information content (AvgIpc) is 2.39. The third-order valence-corrected chi connectivity index (χ3v) is 3.19. The minimum absolute atomic E-state index is 0.205. The van der Waals surface area contributed by atoms with Crippen LogP contribution in [0.3, 0.4) is 0 Å². The highest BCUT2D eigenvalue weighted by molar-refractivity contribution is 5.93. The number of aromatic carboxylic acids is 1. The molecule has 5 nitrogen and oxygen atoms in total. The van der Waals surface area contributed by atoms with Gasteiger partial charge in [0.05, 0.1) is 0 Å². The topological polar surface area (TPSA) is 66.3 Å². The molecule has 0 radical (unpaired) electrons. The van der Waals surface area contributed by atoms with Gasteiger partial charge in [-0.1, -0.05) is 13.8 Å². The zero-order valence-corrected chi connectivity index (χ0v) is 10.9. The van der Waals surface area contributed by atoms with Crippen molar-refractivity contribution in [3.8, 4) is 0 Å². The van der Waals surface area contributed by atoms with Crippen molar-refractivity contribution in [2.75, 3.05) is 18.0 Å². The molecule has 2 heterocycles. The molecule has 0 spiro atoms. The number of carboxylic acid groups (broad SMARTS) is 1. The number of aromatic nitrogens is 2. The Bertz CT molecular complexity index is 440. The summed E-state index contributed by atoms with van der Waals surface area (Å²) in [5, 5.41) is 9.22. The highest BCUT2D eigenvalue weighted by atomic mass is 16.4. The molecule has 0 unspecified atom stereocenters. The average molecular weight is 249 g/mol. The van der Waals surface area contributed by atoms with Crippen LogP contribution in [0.5, 0.6) is 0 Å². The third kappa shape index (κ3) is 2.60. The maximum Gasteiger partial charge on any atom is 0.341 e. The molecule has 0 amide bonds. The molecule has 0 saturated carbocycles. The van der Waals surface area contributed by atoms with Gasteiger partial charge >= 0.3 is 5.97 Å². The molecular formula is C13H19N3O2. The Balaban J connectivity index is 2.39. The van der Waals surface area contributed by atoms with E-state index in [0.717, 1.165) is 25.9 Å². The van der Waals surface area contributed by atoms with Gasteiger partial charge in [0, 0.05) is 25.2 Å². The van der Waals surface area contributed by atoms with E-state index in [-0.39, 0.29) is 11.5 Å². The Morgan fingerprint density at radius 1 is 1.33 bits per heavy atom. The molecule has 1 aliphatic rings. The second-order valence-corrected chi connectivity index (χ2v) is 4.97. The van der Waals surface area contributed by atoms with E-state index in [1.165, 1.54) is 12.6 Å². The smallest absolute Gasteiger partial charge is 0.341 e. The largest absolute Gasteiger partial charge is 0.477 e. The first kappa shape index (κ1) is 12.8. The number of piperidine rings is 1. The Morgan fingerprint density at radius 3 is 2.56 bits per heavy atom. The standard InChI is InChI=1S/C13H19N3O2/c1-9(2)11-14-8-10(13(17)18)12(15-11)16-6-4-3-5-7-16/h8-9H,3-7H2,1-2H3,(H,17,18). The second-order valence-electron chi connectivity index (χ2n) is 4.97. The first-order chi connectivity index (χ1) is 8.59. The molecule has 5 heteroatoms. The molecule has 0 atom stereocenters. The maximum absolute atomic E-state index is 11.2. The van der Waals surface area contributed by atoms with Crippen LogP contribution in [0.2, 0.25) is 0 Å². The minimum Gasteiger partial charge on any atom is -0.477 e. The van der Waals surface area contributed by atoms with Crippen molar-refractivity contribution in [2.24, 2.45) is 0 Å². The summed E-state index contributed by atoms with van der Waals surface area (Å²) in [6.45, 7) is 5.79. The fourth-order valence-electron chi connectivity index (χ4n) is 2.16. The number of hydrogen-bond acceptors (Lipinski definition) is 4. The van der Waals surface area contributed by atoms with Gasteiger partial charge in [-0.2, -0.15) is 0 Å². The maximum atomic E-state index is 11.2. The van der Waals surface area contributed by atoms with Gasteiger partial charge in [-0.15, -0.1) is 0 Å². The van der Waals surface area contributed by atoms with Crippen molar-refractivity contribution in [3.05, 3.63) is 17.6 Å². The molecule has 1 aliphatic heterocycles. The molecule has 2 rings (SSSR count). The van der Waals surface area contributed by atoms with Gasteiger partial charge in [0.25, 0.3) is 0 Å². The quantitative estimate of drug-likeness (QED) is 0.890. The Labute approximate surface area is 107 Å². The van der Waals surface area contributed by atoms with Crippen LogP contribution in [0, 0.1) is 0 Å². The lowest BCUT2D eigenvalue weighted by Gasteiger charge is -2.29. The molecule has 1 saturated heterocycles. The number of anilines is 1. The normalized spacial score (nSPS) is 16.1. The fourth-order valence-corrected chi connectivity index (χ4v) is 2.16. The van der Waals surface area contributed by atoms with Crippen molar-refractivity contribution in [3.63, 3.8) is 0 Å². The van der Waals surface area contributed by atoms with Crippen LogP contribution in [0.4, 0.5) is 5.82 Å². The molecule has 0 aromatic carbocycles. The lowest BCUT2D eigenvalue weighted by Crippen LogP contribution is -2.32. The second kappa shape index (κ2) is 5.33. The third-order valence-electron chi connectivity index (χ3n) is 3.19. The van der Waals surface area contributed by atoms with Crippen LogP contribution in [0.1, 0.15) is 55.2 Å². The summed E-state index contributed by atoms with van der Waals surface area (Å²) in [5.74, 6) is 0.545. The van der Waals surface area contributed by atoms with Crippen molar-refractivity contribution >= 4 is 11.8 Å². The lowest BCUT2D eigenvalue weighted by molar-refractivity contribution is 0.0696. The van der Waals surface area contributed by atoms with Crippen LogP contribution in [0.25, 0.3) is 0 Å². The van der Waals surface area contributed by atoms with Crippen LogP contribution in [0.15, 0.2) is 6.20 Å². The highest BCUT2D eigenvalue weighted by Gasteiger charge is 2.21. The molecule has 1 aromatic rings. The Hall–Kier alpha value is -1.65. The summed E-state index contributed by atoms with van der Waals surface area (Å²) in [5.41, 5.74) is 0.210. The molecule has 1 N–H and O–H groups in total. The van der Waals surface area contributed by atoms with E-state index >= 15 is 0 Å². The van der Waals surface area contributed by atoms with Crippen LogP contribution < -0.4 is 4.90 Å². The van der Waals surface area contributed by atoms with Crippen LogP contribution in [-0.4, -0.2) is 34.1 Å². The number of carbonyl (C=O) groups is 1. The molecule has 18 heavy (non-hydrogen) atoms.